The first-order chi connectivity index (χ1) is 9.79. The fourth-order valence-electron chi connectivity index (χ4n) is 3.11. The van der Waals surface area contributed by atoms with Gasteiger partial charge in [-0.25, -0.2) is 4.98 Å². The molecule has 5 heteroatoms. The maximum absolute atomic E-state index is 4.79. The quantitative estimate of drug-likeness (QED) is 0.897. The molecule has 0 bridgehead atoms. The molecule has 2 aliphatic rings. The van der Waals surface area contributed by atoms with Gasteiger partial charge in [0.25, 0.3) is 0 Å². The van der Waals surface area contributed by atoms with Gasteiger partial charge in [0, 0.05) is 36.3 Å². The van der Waals surface area contributed by atoms with Crippen LogP contribution in [0.4, 0.5) is 5.82 Å². The summed E-state index contributed by atoms with van der Waals surface area (Å²) in [5.74, 6) is 1.73. The zero-order chi connectivity index (χ0) is 13.5. The number of rotatable bonds is 3. The Morgan fingerprint density at radius 2 is 2.20 bits per heavy atom. The zero-order valence-corrected chi connectivity index (χ0v) is 11.9. The largest absolute Gasteiger partial charge is 0.366 e. The number of nitrogens with zero attached hydrogens (tertiary/aromatic N) is 3. The van der Waals surface area contributed by atoms with Gasteiger partial charge in [0.15, 0.2) is 5.65 Å². The SMILES string of the molecule is Cc1cc(NC2CCNC2)n2nc(C3CCC3)cc2n1. The average molecular weight is 271 g/mol. The highest BCUT2D eigenvalue weighted by atomic mass is 15.3. The molecule has 0 spiro atoms. The van der Waals surface area contributed by atoms with Gasteiger partial charge in [0.05, 0.1) is 5.69 Å². The molecule has 20 heavy (non-hydrogen) atoms. The number of aromatic nitrogens is 3. The first kappa shape index (κ1) is 12.1. The number of hydrogen-bond acceptors (Lipinski definition) is 4. The number of anilines is 1. The summed E-state index contributed by atoms with van der Waals surface area (Å²) in [6.45, 7) is 4.17. The van der Waals surface area contributed by atoms with Gasteiger partial charge in [-0.15, -0.1) is 0 Å². The van der Waals surface area contributed by atoms with Crippen molar-refractivity contribution in [1.82, 2.24) is 19.9 Å². The molecule has 3 heterocycles. The molecule has 0 aromatic carbocycles. The van der Waals surface area contributed by atoms with Gasteiger partial charge in [-0.05, 0) is 32.7 Å². The van der Waals surface area contributed by atoms with E-state index in [1.54, 1.807) is 0 Å². The second kappa shape index (κ2) is 4.74. The number of aryl methyl sites for hydroxylation is 1. The fraction of sp³-hybridized carbons (Fsp3) is 0.600. The van der Waals surface area contributed by atoms with Gasteiger partial charge in [0.1, 0.15) is 5.82 Å². The van der Waals surface area contributed by atoms with E-state index in [0.29, 0.717) is 12.0 Å². The molecule has 5 nitrogen and oxygen atoms in total. The molecule has 4 rings (SSSR count). The molecule has 2 N–H and O–H groups in total. The van der Waals surface area contributed by atoms with Crippen molar-refractivity contribution in [3.63, 3.8) is 0 Å². The van der Waals surface area contributed by atoms with Crippen LogP contribution in [0, 0.1) is 6.92 Å². The van der Waals surface area contributed by atoms with E-state index >= 15 is 0 Å². The molecule has 2 aromatic rings. The first-order valence-corrected chi connectivity index (χ1v) is 7.64. The summed E-state index contributed by atoms with van der Waals surface area (Å²) in [6, 6.07) is 4.76. The summed E-state index contributed by atoms with van der Waals surface area (Å²) in [6.07, 6.45) is 5.06. The second-order valence-electron chi connectivity index (χ2n) is 6.08. The van der Waals surface area contributed by atoms with E-state index in [1.807, 2.05) is 11.4 Å². The highest BCUT2D eigenvalue weighted by Gasteiger charge is 2.23. The third-order valence-electron chi connectivity index (χ3n) is 4.51. The van der Waals surface area contributed by atoms with Crippen LogP contribution in [0.15, 0.2) is 12.1 Å². The topological polar surface area (TPSA) is 54.2 Å². The van der Waals surface area contributed by atoms with Crippen LogP contribution in [0.3, 0.4) is 0 Å². The fourth-order valence-corrected chi connectivity index (χ4v) is 3.11. The van der Waals surface area contributed by atoms with Crippen LogP contribution < -0.4 is 10.6 Å². The maximum atomic E-state index is 4.79. The Bertz CT molecular complexity index is 622. The minimum atomic E-state index is 0.497. The normalized spacial score (nSPS) is 23.1. The lowest BCUT2D eigenvalue weighted by atomic mass is 9.83. The summed E-state index contributed by atoms with van der Waals surface area (Å²) < 4.78 is 1.99. The molecular weight excluding hydrogens is 250 g/mol. The van der Waals surface area contributed by atoms with Crippen LogP contribution in [-0.2, 0) is 0 Å². The summed E-state index contributed by atoms with van der Waals surface area (Å²) in [5.41, 5.74) is 3.23. The van der Waals surface area contributed by atoms with Crippen LogP contribution >= 0.6 is 0 Å². The minimum absolute atomic E-state index is 0.497. The molecule has 1 saturated heterocycles. The Labute approximate surface area is 118 Å². The Morgan fingerprint density at radius 1 is 1.30 bits per heavy atom. The highest BCUT2D eigenvalue weighted by Crippen LogP contribution is 2.36. The molecular formula is C15H21N5. The molecule has 2 fully saturated rings. The van der Waals surface area contributed by atoms with Crippen molar-refractivity contribution in [3.8, 4) is 0 Å². The molecule has 1 atom stereocenters. The van der Waals surface area contributed by atoms with E-state index in [9.17, 15) is 0 Å². The Hall–Kier alpha value is -1.62. The molecule has 1 saturated carbocycles. The zero-order valence-electron chi connectivity index (χ0n) is 11.9. The lowest BCUT2D eigenvalue weighted by molar-refractivity contribution is 0.409. The van der Waals surface area contributed by atoms with Crippen LogP contribution in [-0.4, -0.2) is 33.7 Å². The van der Waals surface area contributed by atoms with E-state index in [2.05, 4.69) is 27.8 Å². The Kier molecular flexibility index (Phi) is 2.88. The van der Waals surface area contributed by atoms with Crippen LogP contribution in [0.2, 0.25) is 0 Å². The van der Waals surface area contributed by atoms with E-state index < -0.39 is 0 Å². The molecule has 1 aliphatic carbocycles. The van der Waals surface area contributed by atoms with Crippen molar-refractivity contribution in [1.29, 1.82) is 0 Å². The maximum Gasteiger partial charge on any atom is 0.157 e. The van der Waals surface area contributed by atoms with Crippen LogP contribution in [0.1, 0.15) is 43.0 Å². The van der Waals surface area contributed by atoms with Crippen molar-refractivity contribution in [3.05, 3.63) is 23.5 Å². The van der Waals surface area contributed by atoms with Crippen molar-refractivity contribution in [2.45, 2.75) is 44.6 Å². The van der Waals surface area contributed by atoms with Gasteiger partial charge in [-0.3, -0.25) is 0 Å². The summed E-state index contributed by atoms with van der Waals surface area (Å²) in [5, 5.41) is 11.8. The smallest absolute Gasteiger partial charge is 0.157 e. The van der Waals surface area contributed by atoms with Gasteiger partial charge >= 0.3 is 0 Å². The molecule has 1 aliphatic heterocycles. The minimum Gasteiger partial charge on any atom is -0.366 e. The summed E-state index contributed by atoms with van der Waals surface area (Å²) in [4.78, 5) is 4.62. The van der Waals surface area contributed by atoms with E-state index in [4.69, 9.17) is 5.10 Å². The monoisotopic (exact) mass is 271 g/mol. The second-order valence-corrected chi connectivity index (χ2v) is 6.08. The third-order valence-corrected chi connectivity index (χ3v) is 4.51. The van der Waals surface area contributed by atoms with Crippen molar-refractivity contribution >= 4 is 11.5 Å². The Morgan fingerprint density at radius 3 is 2.90 bits per heavy atom. The van der Waals surface area contributed by atoms with Crippen LogP contribution in [0.5, 0.6) is 0 Å². The lowest BCUT2D eigenvalue weighted by Gasteiger charge is -2.22. The van der Waals surface area contributed by atoms with E-state index in [-0.39, 0.29) is 0 Å². The molecule has 2 aromatic heterocycles. The summed E-state index contributed by atoms with van der Waals surface area (Å²) >= 11 is 0. The Balaban J connectivity index is 1.71. The van der Waals surface area contributed by atoms with Crippen LogP contribution in [0.25, 0.3) is 5.65 Å². The third kappa shape index (κ3) is 2.06. The van der Waals surface area contributed by atoms with Crippen molar-refractivity contribution in [2.24, 2.45) is 0 Å². The molecule has 106 valence electrons. The predicted molar refractivity (Wildman–Crippen MR) is 79.2 cm³/mol. The first-order valence-electron chi connectivity index (χ1n) is 7.64. The number of nitrogens with one attached hydrogen (secondary N) is 2. The number of hydrogen-bond donors (Lipinski definition) is 2. The number of fused-ring (bicyclic) bond motifs is 1. The van der Waals surface area contributed by atoms with Crippen molar-refractivity contribution in [2.75, 3.05) is 18.4 Å². The standard InChI is InChI=1S/C15H21N5/c1-10-7-14(18-12-5-6-16-9-12)20-15(17-10)8-13(19-20)11-3-2-4-11/h7-8,11-12,16,18H,2-6,9H2,1H3. The highest BCUT2D eigenvalue weighted by molar-refractivity contribution is 5.51. The summed E-state index contributed by atoms with van der Waals surface area (Å²) in [7, 11) is 0. The van der Waals surface area contributed by atoms with Gasteiger partial charge < -0.3 is 10.6 Å². The molecule has 1 unspecified atom stereocenters. The van der Waals surface area contributed by atoms with Gasteiger partial charge in [-0.2, -0.15) is 9.61 Å². The van der Waals surface area contributed by atoms with E-state index in [1.165, 1.54) is 31.4 Å². The average Bonchev–Trinajstić information content (AvgIpc) is 2.95. The van der Waals surface area contributed by atoms with Crippen molar-refractivity contribution < 1.29 is 0 Å². The van der Waals surface area contributed by atoms with Gasteiger partial charge in [0.2, 0.25) is 0 Å². The van der Waals surface area contributed by atoms with Gasteiger partial charge in [-0.1, -0.05) is 6.42 Å². The molecule has 0 amide bonds. The molecule has 0 radical (unpaired) electrons. The predicted octanol–water partition coefficient (Wildman–Crippen LogP) is 2.08. The van der Waals surface area contributed by atoms with E-state index in [0.717, 1.165) is 30.2 Å². The lowest BCUT2D eigenvalue weighted by Crippen LogP contribution is -2.23.